The summed E-state index contributed by atoms with van der Waals surface area (Å²) in [4.78, 5) is 30.8. The van der Waals surface area contributed by atoms with E-state index in [-0.39, 0.29) is 24.4 Å². The zero-order valence-corrected chi connectivity index (χ0v) is 19.9. The fourth-order valence-electron chi connectivity index (χ4n) is 3.87. The number of nitrogens with zero attached hydrogens (tertiary/aromatic N) is 2. The molecule has 1 aliphatic heterocycles. The lowest BCUT2D eigenvalue weighted by Crippen LogP contribution is -2.48. The molecule has 3 rings (SSSR count). The van der Waals surface area contributed by atoms with Crippen LogP contribution < -0.4 is 4.74 Å². The van der Waals surface area contributed by atoms with E-state index in [1.165, 1.54) is 16.0 Å². The molecule has 2 heterocycles. The molecule has 5 nitrogen and oxygen atoms in total. The van der Waals surface area contributed by atoms with E-state index in [4.69, 9.17) is 4.74 Å². The molecule has 0 N–H and O–H groups in total. The van der Waals surface area contributed by atoms with E-state index >= 15 is 0 Å². The van der Waals surface area contributed by atoms with Gasteiger partial charge in [-0.3, -0.25) is 9.59 Å². The first-order chi connectivity index (χ1) is 14.9. The molecule has 0 spiro atoms. The van der Waals surface area contributed by atoms with Crippen molar-refractivity contribution in [1.29, 1.82) is 0 Å². The lowest BCUT2D eigenvalue weighted by molar-refractivity contribution is -0.142. The molecule has 168 valence electrons. The molecule has 0 unspecified atom stereocenters. The molecule has 0 fully saturated rings. The van der Waals surface area contributed by atoms with E-state index in [1.807, 2.05) is 43.0 Å². The van der Waals surface area contributed by atoms with Gasteiger partial charge in [0.1, 0.15) is 12.4 Å². The first-order valence-corrected chi connectivity index (χ1v) is 12.1. The minimum absolute atomic E-state index is 0.0000813. The predicted octanol–water partition coefficient (Wildman–Crippen LogP) is 4.85. The van der Waals surface area contributed by atoms with Crippen LogP contribution >= 0.6 is 11.3 Å². The third kappa shape index (κ3) is 6.10. The highest BCUT2D eigenvalue weighted by atomic mass is 32.1. The second-order valence-electron chi connectivity index (χ2n) is 8.63. The van der Waals surface area contributed by atoms with Crippen molar-refractivity contribution in [3.05, 3.63) is 51.7 Å². The van der Waals surface area contributed by atoms with Gasteiger partial charge in [0.25, 0.3) is 0 Å². The molecule has 1 atom stereocenters. The minimum Gasteiger partial charge on any atom is -0.491 e. The highest BCUT2D eigenvalue weighted by Gasteiger charge is 2.33. The number of thiophene rings is 1. The normalized spacial score (nSPS) is 15.6. The smallest absolute Gasteiger partial charge is 0.242 e. The van der Waals surface area contributed by atoms with Crippen molar-refractivity contribution in [3.63, 3.8) is 0 Å². The molecule has 31 heavy (non-hydrogen) atoms. The number of hydrogen-bond acceptors (Lipinski definition) is 4. The van der Waals surface area contributed by atoms with Crippen molar-refractivity contribution in [1.82, 2.24) is 9.80 Å². The van der Waals surface area contributed by atoms with Crippen molar-refractivity contribution in [2.24, 2.45) is 5.92 Å². The third-order valence-electron chi connectivity index (χ3n) is 5.80. The van der Waals surface area contributed by atoms with E-state index in [9.17, 15) is 9.59 Å². The third-order valence-corrected chi connectivity index (χ3v) is 6.80. The molecule has 0 saturated heterocycles. The summed E-state index contributed by atoms with van der Waals surface area (Å²) in [6, 6.07) is 9.96. The van der Waals surface area contributed by atoms with Crippen LogP contribution in [0.25, 0.3) is 0 Å². The first kappa shape index (κ1) is 23.3. The second kappa shape index (κ2) is 10.8. The summed E-state index contributed by atoms with van der Waals surface area (Å²) in [5.74, 6) is 1.33. The minimum atomic E-state index is -0.132. The number of carbonyl (C=O) groups excluding carboxylic acids is 2. The summed E-state index contributed by atoms with van der Waals surface area (Å²) >= 11 is 1.74. The monoisotopic (exact) mass is 442 g/mol. The molecule has 1 aromatic heterocycles. The van der Waals surface area contributed by atoms with Gasteiger partial charge < -0.3 is 14.5 Å². The summed E-state index contributed by atoms with van der Waals surface area (Å²) in [5.41, 5.74) is 2.36. The Labute approximate surface area is 190 Å². The number of fused-ring (bicyclic) bond motifs is 1. The Morgan fingerprint density at radius 3 is 2.65 bits per heavy atom. The Balaban J connectivity index is 1.74. The highest BCUT2D eigenvalue weighted by molar-refractivity contribution is 7.10. The standard InChI is InChI=1S/C25H34N2O3S/c1-5-24(28)26(13-10-18(2)3)16-25(29)27-14-11-23-21(12-15-31-23)22(27)17-30-20-8-6-19(4)7-9-20/h6-9,12,15,18,22H,5,10-11,13-14,16-17H2,1-4H3/t22-/m1/s1. The second-order valence-corrected chi connectivity index (χ2v) is 9.63. The molecule has 0 saturated carbocycles. The average molecular weight is 443 g/mol. The molecule has 6 heteroatoms. The van der Waals surface area contributed by atoms with Crippen LogP contribution in [0.15, 0.2) is 35.7 Å². The number of ether oxygens (including phenoxy) is 1. The Morgan fingerprint density at radius 1 is 1.23 bits per heavy atom. The largest absolute Gasteiger partial charge is 0.491 e. The van der Waals surface area contributed by atoms with Gasteiger partial charge in [-0.15, -0.1) is 11.3 Å². The maximum atomic E-state index is 13.4. The van der Waals surface area contributed by atoms with Gasteiger partial charge in [0.15, 0.2) is 0 Å². The highest BCUT2D eigenvalue weighted by Crippen LogP contribution is 2.34. The zero-order chi connectivity index (χ0) is 22.4. The van der Waals surface area contributed by atoms with Crippen LogP contribution in [0.1, 0.15) is 55.7 Å². The van der Waals surface area contributed by atoms with Gasteiger partial charge >= 0.3 is 0 Å². The summed E-state index contributed by atoms with van der Waals surface area (Å²) in [5, 5.41) is 2.09. The number of amides is 2. The van der Waals surface area contributed by atoms with Crippen molar-refractivity contribution in [3.8, 4) is 5.75 Å². The summed E-state index contributed by atoms with van der Waals surface area (Å²) < 4.78 is 6.09. The SMILES string of the molecule is CCC(=O)N(CCC(C)C)CC(=O)N1CCc2sccc2[C@H]1COc1ccc(C)cc1. The van der Waals surface area contributed by atoms with Gasteiger partial charge in [-0.25, -0.2) is 0 Å². The summed E-state index contributed by atoms with van der Waals surface area (Å²) in [6.07, 6.45) is 2.17. The average Bonchev–Trinajstić information content (AvgIpc) is 3.24. The van der Waals surface area contributed by atoms with Crippen molar-refractivity contribution in [2.75, 3.05) is 26.2 Å². The Morgan fingerprint density at radius 2 is 1.97 bits per heavy atom. The quantitative estimate of drug-likeness (QED) is 0.558. The fraction of sp³-hybridized carbons (Fsp3) is 0.520. The molecule has 1 aromatic carbocycles. The number of carbonyl (C=O) groups is 2. The summed E-state index contributed by atoms with van der Waals surface area (Å²) in [6.45, 7) is 10.0. The maximum Gasteiger partial charge on any atom is 0.242 e. The van der Waals surface area contributed by atoms with Gasteiger partial charge in [-0.2, -0.15) is 0 Å². The van der Waals surface area contributed by atoms with Gasteiger partial charge in [0.2, 0.25) is 11.8 Å². The number of aryl methyl sites for hydroxylation is 1. The van der Waals surface area contributed by atoms with Gasteiger partial charge in [0.05, 0.1) is 12.6 Å². The van der Waals surface area contributed by atoms with Crippen LogP contribution in [0.2, 0.25) is 0 Å². The first-order valence-electron chi connectivity index (χ1n) is 11.2. The van der Waals surface area contributed by atoms with E-state index < -0.39 is 0 Å². The van der Waals surface area contributed by atoms with E-state index in [0.717, 1.165) is 18.6 Å². The van der Waals surface area contributed by atoms with Gasteiger partial charge in [-0.05, 0) is 54.8 Å². The fourth-order valence-corrected chi connectivity index (χ4v) is 4.80. The number of hydrogen-bond donors (Lipinski definition) is 0. The van der Waals surface area contributed by atoms with Crippen LogP contribution in [0.3, 0.4) is 0 Å². The van der Waals surface area contributed by atoms with Gasteiger partial charge in [-0.1, -0.05) is 38.5 Å². The van der Waals surface area contributed by atoms with Crippen molar-refractivity contribution < 1.29 is 14.3 Å². The molecule has 2 aromatic rings. The van der Waals surface area contributed by atoms with E-state index in [1.54, 1.807) is 16.2 Å². The van der Waals surface area contributed by atoms with Gasteiger partial charge in [0, 0.05) is 24.4 Å². The molecular formula is C25H34N2O3S. The van der Waals surface area contributed by atoms with Crippen LogP contribution in [0.5, 0.6) is 5.75 Å². The zero-order valence-electron chi connectivity index (χ0n) is 19.1. The van der Waals surface area contributed by atoms with Crippen LogP contribution in [-0.4, -0.2) is 47.9 Å². The lowest BCUT2D eigenvalue weighted by Gasteiger charge is -2.37. The summed E-state index contributed by atoms with van der Waals surface area (Å²) in [7, 11) is 0. The molecule has 0 aliphatic carbocycles. The molecule has 0 radical (unpaired) electrons. The number of rotatable bonds is 9. The molecule has 1 aliphatic rings. The van der Waals surface area contributed by atoms with Crippen LogP contribution in [-0.2, 0) is 16.0 Å². The Kier molecular flexibility index (Phi) is 8.13. The molecule has 0 bridgehead atoms. The Bertz CT molecular complexity index is 875. The number of benzene rings is 1. The lowest BCUT2D eigenvalue weighted by atomic mass is 10.00. The predicted molar refractivity (Wildman–Crippen MR) is 125 cm³/mol. The topological polar surface area (TPSA) is 49.9 Å². The molecular weight excluding hydrogens is 408 g/mol. The van der Waals surface area contributed by atoms with Crippen LogP contribution in [0, 0.1) is 12.8 Å². The maximum absolute atomic E-state index is 13.4. The van der Waals surface area contributed by atoms with Crippen molar-refractivity contribution >= 4 is 23.2 Å². The van der Waals surface area contributed by atoms with Crippen molar-refractivity contribution in [2.45, 2.75) is 53.0 Å². The van der Waals surface area contributed by atoms with Crippen LogP contribution in [0.4, 0.5) is 0 Å². The Hall–Kier alpha value is -2.34. The van der Waals surface area contributed by atoms with E-state index in [2.05, 4.69) is 25.3 Å². The molecule has 2 amide bonds. The van der Waals surface area contributed by atoms with E-state index in [0.29, 0.717) is 32.0 Å².